The van der Waals surface area contributed by atoms with Gasteiger partial charge >= 0.3 is 5.97 Å². The van der Waals surface area contributed by atoms with Crippen molar-refractivity contribution in [1.29, 1.82) is 0 Å². The lowest BCUT2D eigenvalue weighted by Crippen LogP contribution is -2.07. The number of nitrogens with zero attached hydrogens (tertiary/aromatic N) is 1. The maximum absolute atomic E-state index is 11.7. The smallest absolute Gasteiger partial charge is 0.382 e. The Kier molecular flexibility index (Phi) is 2.40. The van der Waals surface area contributed by atoms with E-state index in [-0.39, 0.29) is 12.6 Å². The van der Waals surface area contributed by atoms with Crippen LogP contribution in [0.15, 0.2) is 28.8 Å². The number of aromatic nitrogens is 1. The summed E-state index contributed by atoms with van der Waals surface area (Å²) in [6, 6.07) is 6.39. The Balaban J connectivity index is 1.78. The minimum Gasteiger partial charge on any atom is -0.454 e. The molecular weight excluding hydrogens is 238 g/mol. The van der Waals surface area contributed by atoms with Gasteiger partial charge in [-0.2, -0.15) is 0 Å². The van der Waals surface area contributed by atoms with Crippen LogP contribution in [-0.2, 0) is 0 Å². The molecule has 2 heterocycles. The van der Waals surface area contributed by atoms with E-state index in [1.54, 1.807) is 25.1 Å². The molecule has 2 aromatic rings. The summed E-state index contributed by atoms with van der Waals surface area (Å²) >= 11 is 0. The SMILES string of the molecule is Cc1cc(C(=O)Oc2ccc3c(c2)OCO3)on1. The average molecular weight is 247 g/mol. The molecule has 0 saturated carbocycles. The van der Waals surface area contributed by atoms with Crippen molar-refractivity contribution in [1.82, 2.24) is 5.16 Å². The number of benzene rings is 1. The molecule has 0 amide bonds. The van der Waals surface area contributed by atoms with Crippen LogP contribution in [0.3, 0.4) is 0 Å². The number of hydrogen-bond acceptors (Lipinski definition) is 6. The van der Waals surface area contributed by atoms with Crippen molar-refractivity contribution in [3.8, 4) is 17.2 Å². The third-order valence-electron chi connectivity index (χ3n) is 2.38. The van der Waals surface area contributed by atoms with Crippen LogP contribution >= 0.6 is 0 Å². The first kappa shape index (κ1) is 10.6. The molecular formula is C12H9NO5. The lowest BCUT2D eigenvalue weighted by atomic mass is 10.3. The monoisotopic (exact) mass is 247 g/mol. The van der Waals surface area contributed by atoms with Crippen LogP contribution in [-0.4, -0.2) is 17.9 Å². The summed E-state index contributed by atoms with van der Waals surface area (Å²) in [5, 5.41) is 3.62. The number of ether oxygens (including phenoxy) is 3. The molecule has 0 spiro atoms. The van der Waals surface area contributed by atoms with E-state index in [2.05, 4.69) is 5.16 Å². The molecule has 0 aliphatic carbocycles. The predicted molar refractivity (Wildman–Crippen MR) is 58.8 cm³/mol. The maximum atomic E-state index is 11.7. The summed E-state index contributed by atoms with van der Waals surface area (Å²) in [5.41, 5.74) is 0.618. The lowest BCUT2D eigenvalue weighted by molar-refractivity contribution is 0.0691. The van der Waals surface area contributed by atoms with Crippen molar-refractivity contribution in [2.45, 2.75) is 6.92 Å². The quantitative estimate of drug-likeness (QED) is 0.596. The topological polar surface area (TPSA) is 70.8 Å². The van der Waals surface area contributed by atoms with Crippen LogP contribution in [0.4, 0.5) is 0 Å². The Hall–Kier alpha value is -2.50. The van der Waals surface area contributed by atoms with Gasteiger partial charge in [-0.25, -0.2) is 4.79 Å². The summed E-state index contributed by atoms with van der Waals surface area (Å²) in [5.74, 6) is 0.997. The highest BCUT2D eigenvalue weighted by Gasteiger charge is 2.18. The number of rotatable bonds is 2. The molecule has 1 aromatic carbocycles. The number of carbonyl (C=O) groups excluding carboxylic acids is 1. The van der Waals surface area contributed by atoms with E-state index in [0.29, 0.717) is 22.9 Å². The van der Waals surface area contributed by atoms with Gasteiger partial charge in [-0.15, -0.1) is 0 Å². The fourth-order valence-electron chi connectivity index (χ4n) is 1.56. The molecule has 18 heavy (non-hydrogen) atoms. The molecule has 1 aliphatic rings. The van der Waals surface area contributed by atoms with E-state index in [1.807, 2.05) is 0 Å². The molecule has 0 atom stereocenters. The minimum atomic E-state index is -0.602. The van der Waals surface area contributed by atoms with Gasteiger partial charge in [0.2, 0.25) is 12.6 Å². The third-order valence-corrected chi connectivity index (χ3v) is 2.38. The lowest BCUT2D eigenvalue weighted by Gasteiger charge is -2.02. The normalized spacial score (nSPS) is 12.5. The van der Waals surface area contributed by atoms with Crippen molar-refractivity contribution in [3.05, 3.63) is 35.7 Å². The van der Waals surface area contributed by atoms with Gasteiger partial charge in [0, 0.05) is 12.1 Å². The minimum absolute atomic E-state index is 0.0603. The van der Waals surface area contributed by atoms with Gasteiger partial charge in [0.05, 0.1) is 5.69 Å². The van der Waals surface area contributed by atoms with Crippen molar-refractivity contribution in [3.63, 3.8) is 0 Å². The van der Waals surface area contributed by atoms with E-state index in [4.69, 9.17) is 18.7 Å². The zero-order valence-corrected chi connectivity index (χ0v) is 9.50. The molecule has 1 aromatic heterocycles. The van der Waals surface area contributed by atoms with Gasteiger partial charge < -0.3 is 18.7 Å². The van der Waals surface area contributed by atoms with Gasteiger partial charge in [0.1, 0.15) is 5.75 Å². The molecule has 0 N–H and O–H groups in total. The highest BCUT2D eigenvalue weighted by molar-refractivity contribution is 5.88. The molecule has 6 nitrogen and oxygen atoms in total. The summed E-state index contributed by atoms with van der Waals surface area (Å²) in [4.78, 5) is 11.7. The van der Waals surface area contributed by atoms with Crippen molar-refractivity contribution in [2.75, 3.05) is 6.79 Å². The Morgan fingerprint density at radius 3 is 2.89 bits per heavy atom. The number of esters is 1. The molecule has 0 radical (unpaired) electrons. The summed E-state index contributed by atoms with van der Waals surface area (Å²) in [6.45, 7) is 1.90. The average Bonchev–Trinajstić information content (AvgIpc) is 2.96. The van der Waals surface area contributed by atoms with Crippen molar-refractivity contribution >= 4 is 5.97 Å². The van der Waals surface area contributed by atoms with Gasteiger partial charge in [-0.1, -0.05) is 5.16 Å². The zero-order valence-electron chi connectivity index (χ0n) is 9.50. The Labute approximate surface area is 102 Å². The van der Waals surface area contributed by atoms with E-state index in [9.17, 15) is 4.79 Å². The van der Waals surface area contributed by atoms with Gasteiger partial charge in [0.25, 0.3) is 0 Å². The molecule has 0 fully saturated rings. The van der Waals surface area contributed by atoms with E-state index < -0.39 is 5.97 Å². The summed E-state index contributed by atoms with van der Waals surface area (Å²) < 4.78 is 20.3. The molecule has 0 saturated heterocycles. The van der Waals surface area contributed by atoms with Gasteiger partial charge in [-0.3, -0.25) is 0 Å². The van der Waals surface area contributed by atoms with Crippen LogP contribution in [0.5, 0.6) is 17.2 Å². The highest BCUT2D eigenvalue weighted by Crippen LogP contribution is 2.35. The van der Waals surface area contributed by atoms with Gasteiger partial charge in [-0.05, 0) is 19.1 Å². The standard InChI is InChI=1S/C12H9NO5/c1-7-4-11(18-13-7)12(14)17-8-2-3-9-10(5-8)16-6-15-9/h2-5H,6H2,1H3. The molecule has 0 unspecified atom stereocenters. The second-order valence-electron chi connectivity index (χ2n) is 3.74. The van der Waals surface area contributed by atoms with E-state index in [0.717, 1.165) is 0 Å². The molecule has 6 heteroatoms. The Bertz CT molecular complexity index is 604. The second kappa shape index (κ2) is 4.06. The molecule has 3 rings (SSSR count). The number of hydrogen-bond donors (Lipinski definition) is 0. The van der Waals surface area contributed by atoms with Crippen molar-refractivity contribution < 1.29 is 23.5 Å². The fraction of sp³-hybridized carbons (Fsp3) is 0.167. The first-order valence-electron chi connectivity index (χ1n) is 5.27. The zero-order chi connectivity index (χ0) is 12.5. The second-order valence-corrected chi connectivity index (χ2v) is 3.74. The number of aryl methyl sites for hydroxylation is 1. The van der Waals surface area contributed by atoms with Gasteiger partial charge in [0.15, 0.2) is 11.5 Å². The van der Waals surface area contributed by atoms with E-state index in [1.165, 1.54) is 6.07 Å². The van der Waals surface area contributed by atoms with Crippen LogP contribution in [0.2, 0.25) is 0 Å². The first-order valence-corrected chi connectivity index (χ1v) is 5.27. The van der Waals surface area contributed by atoms with Crippen LogP contribution in [0.1, 0.15) is 16.2 Å². The fourth-order valence-corrected chi connectivity index (χ4v) is 1.56. The Morgan fingerprint density at radius 2 is 2.11 bits per heavy atom. The number of fused-ring (bicyclic) bond motifs is 1. The Morgan fingerprint density at radius 1 is 1.28 bits per heavy atom. The van der Waals surface area contributed by atoms with E-state index >= 15 is 0 Å². The predicted octanol–water partition coefficient (Wildman–Crippen LogP) is 1.93. The van der Waals surface area contributed by atoms with Crippen molar-refractivity contribution in [2.24, 2.45) is 0 Å². The largest absolute Gasteiger partial charge is 0.454 e. The van der Waals surface area contributed by atoms with Crippen LogP contribution < -0.4 is 14.2 Å². The van der Waals surface area contributed by atoms with Crippen LogP contribution in [0, 0.1) is 6.92 Å². The molecule has 1 aliphatic heterocycles. The molecule has 92 valence electrons. The summed E-state index contributed by atoms with van der Waals surface area (Å²) in [6.07, 6.45) is 0. The van der Waals surface area contributed by atoms with Crippen LogP contribution in [0.25, 0.3) is 0 Å². The highest BCUT2D eigenvalue weighted by atomic mass is 16.7. The third kappa shape index (κ3) is 1.88. The summed E-state index contributed by atoms with van der Waals surface area (Å²) in [7, 11) is 0. The first-order chi connectivity index (χ1) is 8.72. The molecule has 0 bridgehead atoms. The number of carbonyl (C=O) groups is 1. The maximum Gasteiger partial charge on any atom is 0.382 e.